The molecule has 0 saturated carbocycles. The van der Waals surface area contributed by atoms with Gasteiger partial charge >= 0.3 is 5.97 Å². The number of rotatable bonds is 6. The van der Waals surface area contributed by atoms with E-state index in [1.54, 1.807) is 19.1 Å². The van der Waals surface area contributed by atoms with E-state index in [0.29, 0.717) is 11.6 Å². The Hall–Kier alpha value is -1.10. The Labute approximate surface area is 124 Å². The van der Waals surface area contributed by atoms with E-state index in [1.165, 1.54) is 0 Å². The summed E-state index contributed by atoms with van der Waals surface area (Å²) >= 11 is 5.87. The summed E-state index contributed by atoms with van der Waals surface area (Å²) in [5.74, 6) is -0.372. The van der Waals surface area contributed by atoms with Crippen LogP contribution in [0.5, 0.6) is 0 Å². The molecule has 0 aliphatic carbocycles. The fourth-order valence-electron chi connectivity index (χ4n) is 1.99. The smallest absolute Gasteiger partial charge is 0.335 e. The maximum absolute atomic E-state index is 11.8. The highest BCUT2D eigenvalue weighted by atomic mass is 35.5. The van der Waals surface area contributed by atoms with Gasteiger partial charge in [0.15, 0.2) is 6.10 Å². The molecule has 110 valence electrons. The third kappa shape index (κ3) is 4.78. The molecule has 0 bridgehead atoms. The first-order valence-corrected chi connectivity index (χ1v) is 7.17. The summed E-state index contributed by atoms with van der Waals surface area (Å²) in [6.45, 7) is 3.11. The van der Waals surface area contributed by atoms with E-state index in [9.17, 15) is 4.79 Å². The zero-order chi connectivity index (χ0) is 14.4. The molecule has 1 fully saturated rings. The van der Waals surface area contributed by atoms with Gasteiger partial charge in [0.2, 0.25) is 0 Å². The van der Waals surface area contributed by atoms with E-state index in [-0.39, 0.29) is 18.7 Å². The number of esters is 1. The number of hydrogen-bond donors (Lipinski definition) is 0. The van der Waals surface area contributed by atoms with Crippen LogP contribution < -0.4 is 0 Å². The van der Waals surface area contributed by atoms with Gasteiger partial charge in [-0.1, -0.05) is 23.7 Å². The minimum absolute atomic E-state index is 0.109. The number of carbonyl (C=O) groups excluding carboxylic acids is 1. The summed E-state index contributed by atoms with van der Waals surface area (Å²) < 4.78 is 16.1. The highest BCUT2D eigenvalue weighted by Gasteiger charge is 2.20. The van der Waals surface area contributed by atoms with Crippen LogP contribution in [0.25, 0.3) is 0 Å². The molecule has 4 nitrogen and oxygen atoms in total. The molecule has 1 aromatic rings. The van der Waals surface area contributed by atoms with E-state index < -0.39 is 6.10 Å². The Bertz CT molecular complexity index is 443. The topological polar surface area (TPSA) is 44.8 Å². The van der Waals surface area contributed by atoms with Crippen molar-refractivity contribution in [2.24, 2.45) is 0 Å². The molecule has 1 aromatic carbocycles. The Balaban J connectivity index is 1.70. The van der Waals surface area contributed by atoms with Crippen molar-refractivity contribution in [3.8, 4) is 0 Å². The molecular formula is C15H19ClO4. The molecule has 2 atom stereocenters. The summed E-state index contributed by atoms with van der Waals surface area (Å²) in [6.07, 6.45) is 1.57. The number of hydrogen-bond acceptors (Lipinski definition) is 4. The van der Waals surface area contributed by atoms with Crippen LogP contribution >= 0.6 is 11.6 Å². The van der Waals surface area contributed by atoms with Gasteiger partial charge < -0.3 is 14.2 Å². The van der Waals surface area contributed by atoms with Crippen LogP contribution in [-0.4, -0.2) is 31.4 Å². The molecule has 0 amide bonds. The van der Waals surface area contributed by atoms with Crippen LogP contribution in [0, 0.1) is 0 Å². The van der Waals surface area contributed by atoms with Gasteiger partial charge in [0, 0.05) is 11.6 Å². The fraction of sp³-hybridized carbons (Fsp3) is 0.533. The molecule has 1 saturated heterocycles. The van der Waals surface area contributed by atoms with E-state index in [1.807, 2.05) is 12.1 Å². The zero-order valence-electron chi connectivity index (χ0n) is 11.5. The maximum Gasteiger partial charge on any atom is 0.335 e. The van der Waals surface area contributed by atoms with Gasteiger partial charge in [0.05, 0.1) is 12.7 Å². The molecule has 1 heterocycles. The first-order chi connectivity index (χ1) is 9.65. The molecule has 2 unspecified atom stereocenters. The molecule has 0 spiro atoms. The lowest BCUT2D eigenvalue weighted by Gasteiger charge is -2.15. The van der Waals surface area contributed by atoms with Gasteiger partial charge in [-0.15, -0.1) is 0 Å². The lowest BCUT2D eigenvalue weighted by atomic mass is 10.2. The number of ether oxygens (including phenoxy) is 3. The lowest BCUT2D eigenvalue weighted by Crippen LogP contribution is -2.27. The van der Waals surface area contributed by atoms with Gasteiger partial charge in [0.25, 0.3) is 0 Å². The summed E-state index contributed by atoms with van der Waals surface area (Å²) in [4.78, 5) is 11.8. The third-order valence-electron chi connectivity index (χ3n) is 3.16. The van der Waals surface area contributed by atoms with Gasteiger partial charge in [-0.2, -0.15) is 0 Å². The lowest BCUT2D eigenvalue weighted by molar-refractivity contribution is -0.159. The third-order valence-corrected chi connectivity index (χ3v) is 3.39. The van der Waals surface area contributed by atoms with Crippen molar-refractivity contribution in [3.63, 3.8) is 0 Å². The molecule has 0 aromatic heterocycles. The Morgan fingerprint density at radius 1 is 1.55 bits per heavy atom. The molecule has 5 heteroatoms. The minimum atomic E-state index is -0.585. The quantitative estimate of drug-likeness (QED) is 0.758. The molecule has 0 radical (unpaired) electrons. The van der Waals surface area contributed by atoms with Crippen molar-refractivity contribution < 1.29 is 19.0 Å². The Kier molecular flexibility index (Phi) is 5.83. The van der Waals surface area contributed by atoms with Crippen molar-refractivity contribution in [1.82, 2.24) is 0 Å². The van der Waals surface area contributed by atoms with E-state index in [4.69, 9.17) is 25.8 Å². The zero-order valence-corrected chi connectivity index (χ0v) is 12.3. The van der Waals surface area contributed by atoms with Crippen LogP contribution in [0.1, 0.15) is 25.3 Å². The first-order valence-electron chi connectivity index (χ1n) is 6.79. The molecule has 1 aliphatic rings. The average molecular weight is 299 g/mol. The standard InChI is InChI=1S/C15H19ClO4/c1-11(19-10-14-6-3-7-18-14)15(17)20-9-12-4-2-5-13(16)8-12/h2,4-5,8,11,14H,3,6-7,9-10H2,1H3. The van der Waals surface area contributed by atoms with Crippen molar-refractivity contribution in [2.45, 2.75) is 38.6 Å². The van der Waals surface area contributed by atoms with Crippen LogP contribution in [0.3, 0.4) is 0 Å². The molecule has 1 aliphatic heterocycles. The van der Waals surface area contributed by atoms with Crippen molar-refractivity contribution in [3.05, 3.63) is 34.9 Å². The second kappa shape index (κ2) is 7.62. The average Bonchev–Trinajstić information content (AvgIpc) is 2.95. The molecule has 20 heavy (non-hydrogen) atoms. The number of benzene rings is 1. The van der Waals surface area contributed by atoms with E-state index in [2.05, 4.69) is 0 Å². The van der Waals surface area contributed by atoms with Crippen molar-refractivity contribution in [2.75, 3.05) is 13.2 Å². The van der Waals surface area contributed by atoms with Crippen LogP contribution in [-0.2, 0) is 25.6 Å². The monoisotopic (exact) mass is 298 g/mol. The summed E-state index contributed by atoms with van der Waals surface area (Å²) in [5, 5.41) is 0.626. The number of halogens is 1. The van der Waals surface area contributed by atoms with Gasteiger partial charge in [-0.3, -0.25) is 0 Å². The summed E-state index contributed by atoms with van der Waals surface area (Å²) in [6, 6.07) is 7.23. The highest BCUT2D eigenvalue weighted by molar-refractivity contribution is 6.30. The van der Waals surface area contributed by atoms with E-state index >= 15 is 0 Å². The largest absolute Gasteiger partial charge is 0.459 e. The Morgan fingerprint density at radius 3 is 3.10 bits per heavy atom. The van der Waals surface area contributed by atoms with Crippen molar-refractivity contribution in [1.29, 1.82) is 0 Å². The molecular weight excluding hydrogens is 280 g/mol. The van der Waals surface area contributed by atoms with Gasteiger partial charge in [-0.05, 0) is 37.5 Å². The second-order valence-electron chi connectivity index (χ2n) is 4.85. The number of carbonyl (C=O) groups is 1. The summed E-state index contributed by atoms with van der Waals surface area (Å²) in [5.41, 5.74) is 0.858. The van der Waals surface area contributed by atoms with Gasteiger partial charge in [0.1, 0.15) is 6.61 Å². The van der Waals surface area contributed by atoms with Crippen LogP contribution in [0.15, 0.2) is 24.3 Å². The van der Waals surface area contributed by atoms with Crippen molar-refractivity contribution >= 4 is 17.6 Å². The fourth-order valence-corrected chi connectivity index (χ4v) is 2.21. The molecule has 2 rings (SSSR count). The SMILES string of the molecule is CC(OCC1CCCO1)C(=O)OCc1cccc(Cl)c1. The minimum Gasteiger partial charge on any atom is -0.459 e. The second-order valence-corrected chi connectivity index (χ2v) is 5.28. The molecule has 0 N–H and O–H groups in total. The predicted octanol–water partition coefficient (Wildman–Crippen LogP) is 2.97. The first kappa shape index (κ1) is 15.3. The van der Waals surface area contributed by atoms with E-state index in [0.717, 1.165) is 25.0 Å². The maximum atomic E-state index is 11.8. The normalized spacial score (nSPS) is 19.8. The highest BCUT2D eigenvalue weighted by Crippen LogP contribution is 2.14. The van der Waals surface area contributed by atoms with Gasteiger partial charge in [-0.25, -0.2) is 4.79 Å². The summed E-state index contributed by atoms with van der Waals surface area (Å²) in [7, 11) is 0. The predicted molar refractivity (Wildman–Crippen MR) is 75.6 cm³/mol. The van der Waals surface area contributed by atoms with Crippen LogP contribution in [0.4, 0.5) is 0 Å². The Morgan fingerprint density at radius 2 is 2.40 bits per heavy atom. The van der Waals surface area contributed by atoms with Crippen LogP contribution in [0.2, 0.25) is 5.02 Å².